The molecule has 1 N–H and O–H groups in total. The Bertz CT molecular complexity index is 2080. The summed E-state index contributed by atoms with van der Waals surface area (Å²) in [5.41, 5.74) is 0.821. The molecule has 0 radical (unpaired) electrons. The average molecular weight is 748 g/mol. The number of alkyl halides is 3. The van der Waals surface area contributed by atoms with Crippen molar-refractivity contribution in [2.45, 2.75) is 65.0 Å². The Morgan fingerprint density at radius 3 is 2.19 bits per heavy atom. The van der Waals surface area contributed by atoms with Crippen molar-refractivity contribution >= 4 is 51.9 Å². The minimum absolute atomic E-state index is 0.182. The number of carbonyl (C=O) groups excluding carboxylic acids is 5. The van der Waals surface area contributed by atoms with Gasteiger partial charge in [0.1, 0.15) is 23.4 Å². The summed E-state index contributed by atoms with van der Waals surface area (Å²) < 4.78 is 50.7. The van der Waals surface area contributed by atoms with Crippen LogP contribution in [0.5, 0.6) is 5.75 Å². The van der Waals surface area contributed by atoms with Crippen LogP contribution in [-0.2, 0) is 20.9 Å². The number of anilines is 2. The zero-order chi connectivity index (χ0) is 39.5. The number of ketones is 1. The molecule has 2 atom stereocenters. The number of Topliss-reactive ketones (excluding diaryl/α,β-unsaturated/α-hetero) is 1. The molecule has 0 bridgehead atoms. The van der Waals surface area contributed by atoms with Crippen molar-refractivity contribution < 1.29 is 46.6 Å². The van der Waals surface area contributed by atoms with Gasteiger partial charge in [0, 0.05) is 29.1 Å². The predicted octanol–water partition coefficient (Wildman–Crippen LogP) is 6.31. The van der Waals surface area contributed by atoms with Gasteiger partial charge in [-0.2, -0.15) is 13.2 Å². The molecule has 5 rings (SSSR count). The van der Waals surface area contributed by atoms with Gasteiger partial charge in [-0.1, -0.05) is 42.5 Å². The molecular formula is C39H40F3N5O7. The van der Waals surface area contributed by atoms with E-state index in [2.05, 4.69) is 10.3 Å². The van der Waals surface area contributed by atoms with E-state index in [1.165, 1.54) is 55.0 Å². The molecular weight excluding hydrogens is 707 g/mol. The van der Waals surface area contributed by atoms with Gasteiger partial charge in [0.15, 0.2) is 12.4 Å². The fourth-order valence-corrected chi connectivity index (χ4v) is 5.80. The number of likely N-dealkylation sites (N-methyl/N-ethyl adjacent to an activating group) is 1. The Balaban J connectivity index is 1.60. The second kappa shape index (κ2) is 15.5. The first-order valence-electron chi connectivity index (χ1n) is 17.0. The Morgan fingerprint density at radius 1 is 0.944 bits per heavy atom. The molecule has 1 aromatic heterocycles. The number of halogens is 3. The summed E-state index contributed by atoms with van der Waals surface area (Å²) in [6, 6.07) is 16.5. The van der Waals surface area contributed by atoms with Crippen LogP contribution in [0.2, 0.25) is 0 Å². The van der Waals surface area contributed by atoms with E-state index in [0.717, 1.165) is 11.1 Å². The highest BCUT2D eigenvalue weighted by atomic mass is 19.4. The number of carbonyl (C=O) groups is 5. The van der Waals surface area contributed by atoms with Gasteiger partial charge in [0.25, 0.3) is 11.8 Å². The molecule has 4 amide bonds. The lowest BCUT2D eigenvalue weighted by atomic mass is 10.1. The third-order valence-electron chi connectivity index (χ3n) is 8.69. The SMILES string of the molecule is CC(=O)c1ccc(C(=O)N2CC(NC(=O)C(C)N(C)C(=O)OC(C)(C)C)C(=O)N(Cc3c(OCC(F)(F)F)cnc4ccccc34)c3ccccc32)cc1. The molecule has 284 valence electrons. The van der Waals surface area contributed by atoms with Crippen LogP contribution in [0.15, 0.2) is 79.0 Å². The van der Waals surface area contributed by atoms with Crippen LogP contribution >= 0.6 is 0 Å². The summed E-state index contributed by atoms with van der Waals surface area (Å²) in [6.45, 7) is 5.52. The van der Waals surface area contributed by atoms with Gasteiger partial charge in [0.05, 0.1) is 36.2 Å². The highest BCUT2D eigenvalue weighted by Gasteiger charge is 2.39. The maximum Gasteiger partial charge on any atom is 0.422 e. The molecule has 4 aromatic rings. The number of ether oxygens (including phenoxy) is 2. The van der Waals surface area contributed by atoms with E-state index in [1.807, 2.05) is 0 Å². The lowest BCUT2D eigenvalue weighted by molar-refractivity contribution is -0.153. The topological polar surface area (TPSA) is 138 Å². The van der Waals surface area contributed by atoms with Crippen LogP contribution in [0.1, 0.15) is 60.9 Å². The van der Waals surface area contributed by atoms with Crippen molar-refractivity contribution in [2.75, 3.05) is 30.0 Å². The number of nitrogens with zero attached hydrogens (tertiary/aromatic N) is 4. The van der Waals surface area contributed by atoms with Crippen molar-refractivity contribution in [3.63, 3.8) is 0 Å². The molecule has 0 saturated heterocycles. The molecule has 1 aliphatic rings. The van der Waals surface area contributed by atoms with Crippen molar-refractivity contribution in [1.82, 2.24) is 15.2 Å². The largest absolute Gasteiger partial charge is 0.482 e. The summed E-state index contributed by atoms with van der Waals surface area (Å²) in [4.78, 5) is 75.5. The smallest absolute Gasteiger partial charge is 0.422 e. The number of benzene rings is 3. The average Bonchev–Trinajstić information content (AvgIpc) is 3.23. The van der Waals surface area contributed by atoms with Crippen LogP contribution < -0.4 is 19.9 Å². The lowest BCUT2D eigenvalue weighted by Gasteiger charge is -2.30. The predicted molar refractivity (Wildman–Crippen MR) is 194 cm³/mol. The fraction of sp³-hybridized carbons (Fsp3) is 0.333. The maximum atomic E-state index is 14.7. The highest BCUT2D eigenvalue weighted by molar-refractivity contribution is 6.13. The van der Waals surface area contributed by atoms with Crippen molar-refractivity contribution in [1.29, 1.82) is 0 Å². The normalized spacial score (nSPS) is 15.2. The van der Waals surface area contributed by atoms with Crippen molar-refractivity contribution in [3.8, 4) is 5.75 Å². The number of fused-ring (bicyclic) bond motifs is 2. The highest BCUT2D eigenvalue weighted by Crippen LogP contribution is 2.37. The minimum Gasteiger partial charge on any atom is -0.482 e. The van der Waals surface area contributed by atoms with Gasteiger partial charge in [-0.3, -0.25) is 29.1 Å². The molecule has 15 heteroatoms. The van der Waals surface area contributed by atoms with E-state index in [-0.39, 0.29) is 47.1 Å². The zero-order valence-corrected chi connectivity index (χ0v) is 30.6. The Labute approximate surface area is 309 Å². The van der Waals surface area contributed by atoms with E-state index >= 15 is 0 Å². The number of amides is 4. The van der Waals surface area contributed by atoms with Crippen LogP contribution in [-0.4, -0.2) is 83.5 Å². The summed E-state index contributed by atoms with van der Waals surface area (Å²) in [5, 5.41) is 3.12. The molecule has 2 unspecified atom stereocenters. The molecule has 0 saturated carbocycles. The van der Waals surface area contributed by atoms with E-state index in [9.17, 15) is 37.1 Å². The Kier molecular flexibility index (Phi) is 11.3. The van der Waals surface area contributed by atoms with E-state index in [4.69, 9.17) is 9.47 Å². The van der Waals surface area contributed by atoms with Gasteiger partial charge in [-0.25, -0.2) is 4.79 Å². The van der Waals surface area contributed by atoms with Crippen molar-refractivity contribution in [3.05, 3.63) is 95.7 Å². The van der Waals surface area contributed by atoms with E-state index < -0.39 is 54.3 Å². The second-order valence-electron chi connectivity index (χ2n) is 13.8. The monoisotopic (exact) mass is 747 g/mol. The third kappa shape index (κ3) is 8.96. The van der Waals surface area contributed by atoms with Gasteiger partial charge >= 0.3 is 12.3 Å². The summed E-state index contributed by atoms with van der Waals surface area (Å²) in [6.07, 6.45) is -4.30. The minimum atomic E-state index is -4.67. The number of rotatable bonds is 9. The molecule has 0 aliphatic carbocycles. The molecule has 3 aromatic carbocycles. The number of nitrogens with one attached hydrogen (secondary N) is 1. The first kappa shape index (κ1) is 39.2. The first-order chi connectivity index (χ1) is 25.3. The molecule has 54 heavy (non-hydrogen) atoms. The molecule has 0 spiro atoms. The van der Waals surface area contributed by atoms with Crippen LogP contribution in [0, 0.1) is 0 Å². The van der Waals surface area contributed by atoms with Gasteiger partial charge in [-0.15, -0.1) is 0 Å². The third-order valence-corrected chi connectivity index (χ3v) is 8.69. The summed E-state index contributed by atoms with van der Waals surface area (Å²) in [5.74, 6) is -2.42. The van der Waals surface area contributed by atoms with Gasteiger partial charge < -0.3 is 24.6 Å². The Hall–Kier alpha value is -5.99. The summed E-state index contributed by atoms with van der Waals surface area (Å²) in [7, 11) is 1.37. The van der Waals surface area contributed by atoms with Crippen LogP contribution in [0.3, 0.4) is 0 Å². The fourth-order valence-electron chi connectivity index (χ4n) is 5.80. The van der Waals surface area contributed by atoms with E-state index in [1.54, 1.807) is 69.3 Å². The van der Waals surface area contributed by atoms with E-state index in [0.29, 0.717) is 16.5 Å². The molecule has 2 heterocycles. The second-order valence-corrected chi connectivity index (χ2v) is 13.8. The van der Waals surface area contributed by atoms with Crippen LogP contribution in [0.4, 0.5) is 29.3 Å². The zero-order valence-electron chi connectivity index (χ0n) is 30.6. The van der Waals surface area contributed by atoms with Crippen LogP contribution in [0.25, 0.3) is 10.9 Å². The van der Waals surface area contributed by atoms with Crippen molar-refractivity contribution in [2.24, 2.45) is 0 Å². The van der Waals surface area contributed by atoms with Gasteiger partial charge in [0.2, 0.25) is 5.91 Å². The molecule has 12 nitrogen and oxygen atoms in total. The first-order valence-corrected chi connectivity index (χ1v) is 17.0. The number of pyridine rings is 1. The molecule has 0 fully saturated rings. The Morgan fingerprint density at radius 2 is 1.56 bits per heavy atom. The number of hydrogen-bond acceptors (Lipinski definition) is 8. The molecule has 1 aliphatic heterocycles. The standard InChI is InChI=1S/C39H40F3N5O7/c1-23(45(6)37(52)54-38(3,4)5)34(49)44-30-21-47(35(50)26-17-15-25(16-18-26)24(2)48)32-14-10-9-13-31(32)46(36(30)51)20-28-27-11-7-8-12-29(27)43-19-33(28)53-22-39(40,41)42/h7-19,23,30H,20-22H2,1-6H3,(H,44,49). The maximum absolute atomic E-state index is 14.7. The number of aromatic nitrogens is 1. The summed E-state index contributed by atoms with van der Waals surface area (Å²) >= 11 is 0. The number of hydrogen-bond donors (Lipinski definition) is 1. The van der Waals surface area contributed by atoms with Gasteiger partial charge in [-0.05, 0) is 65.0 Å². The lowest BCUT2D eigenvalue weighted by Crippen LogP contribution is -2.57. The number of para-hydroxylation sites is 3. The quantitative estimate of drug-likeness (QED) is 0.197.